The van der Waals surface area contributed by atoms with Crippen molar-refractivity contribution in [2.45, 2.75) is 25.8 Å². The van der Waals surface area contributed by atoms with Crippen LogP contribution in [0, 0.1) is 0 Å². The molecule has 0 unspecified atom stereocenters. The standard InChI is InChI=1S/C21H23N5O/c1-14-7-6-10-26(14)20(27)17-11-19(24-18-9-5-4-8-16(17)18)15-12-22-21(23-13-15)25(2)3/h4-5,8-9,11-14H,6-7,10H2,1-3H3/t14-/m0/s1. The molecule has 1 aromatic carbocycles. The molecule has 1 atom stereocenters. The average Bonchev–Trinajstić information content (AvgIpc) is 3.12. The number of hydrogen-bond donors (Lipinski definition) is 0. The normalized spacial score (nSPS) is 16.7. The number of pyridine rings is 1. The Morgan fingerprint density at radius 1 is 1.19 bits per heavy atom. The lowest BCUT2D eigenvalue weighted by atomic mass is 10.0. The number of aromatic nitrogens is 3. The summed E-state index contributed by atoms with van der Waals surface area (Å²) in [6.07, 6.45) is 5.63. The van der Waals surface area contributed by atoms with Crippen LogP contribution >= 0.6 is 0 Å². The van der Waals surface area contributed by atoms with Crippen LogP contribution in [0.2, 0.25) is 0 Å². The van der Waals surface area contributed by atoms with Crippen molar-refractivity contribution < 1.29 is 4.79 Å². The maximum Gasteiger partial charge on any atom is 0.254 e. The lowest BCUT2D eigenvalue weighted by Gasteiger charge is -2.22. The molecule has 3 heterocycles. The van der Waals surface area contributed by atoms with Crippen molar-refractivity contribution in [3.05, 3.63) is 48.3 Å². The molecule has 1 aliphatic heterocycles. The molecule has 0 radical (unpaired) electrons. The van der Waals surface area contributed by atoms with Gasteiger partial charge in [0.05, 0.1) is 16.8 Å². The van der Waals surface area contributed by atoms with Gasteiger partial charge in [-0.2, -0.15) is 0 Å². The van der Waals surface area contributed by atoms with Crippen LogP contribution in [0.15, 0.2) is 42.7 Å². The van der Waals surface area contributed by atoms with Gasteiger partial charge in [-0.1, -0.05) is 18.2 Å². The number of hydrogen-bond acceptors (Lipinski definition) is 5. The minimum atomic E-state index is 0.0747. The van der Waals surface area contributed by atoms with Gasteiger partial charge in [0.15, 0.2) is 0 Å². The fourth-order valence-corrected chi connectivity index (χ4v) is 3.57. The number of carbonyl (C=O) groups is 1. The Balaban J connectivity index is 1.82. The van der Waals surface area contributed by atoms with Crippen LogP contribution in [0.4, 0.5) is 5.95 Å². The van der Waals surface area contributed by atoms with E-state index < -0.39 is 0 Å². The second-order valence-corrected chi connectivity index (χ2v) is 7.23. The Kier molecular flexibility index (Phi) is 4.48. The molecule has 4 rings (SSSR count). The number of likely N-dealkylation sites (tertiary alicyclic amines) is 1. The molecule has 6 nitrogen and oxygen atoms in total. The molecule has 0 spiro atoms. The summed E-state index contributed by atoms with van der Waals surface area (Å²) in [4.78, 5) is 30.6. The van der Waals surface area contributed by atoms with Crippen LogP contribution in [-0.2, 0) is 0 Å². The lowest BCUT2D eigenvalue weighted by Crippen LogP contribution is -2.33. The molecular formula is C21H23N5O. The van der Waals surface area contributed by atoms with E-state index in [-0.39, 0.29) is 11.9 Å². The van der Waals surface area contributed by atoms with E-state index >= 15 is 0 Å². The van der Waals surface area contributed by atoms with Crippen LogP contribution in [0.3, 0.4) is 0 Å². The molecule has 0 saturated carbocycles. The Morgan fingerprint density at radius 2 is 1.93 bits per heavy atom. The van der Waals surface area contributed by atoms with Gasteiger partial charge in [0.2, 0.25) is 5.95 Å². The molecule has 138 valence electrons. The van der Waals surface area contributed by atoms with E-state index in [1.807, 2.05) is 54.2 Å². The van der Waals surface area contributed by atoms with Gasteiger partial charge >= 0.3 is 0 Å². The second-order valence-electron chi connectivity index (χ2n) is 7.23. The summed E-state index contributed by atoms with van der Waals surface area (Å²) >= 11 is 0. The van der Waals surface area contributed by atoms with Gasteiger partial charge in [0.1, 0.15) is 0 Å². The highest BCUT2D eigenvalue weighted by Gasteiger charge is 2.27. The number of fused-ring (bicyclic) bond motifs is 1. The zero-order valence-electron chi connectivity index (χ0n) is 15.9. The average molecular weight is 361 g/mol. The van der Waals surface area contributed by atoms with Crippen LogP contribution in [0.5, 0.6) is 0 Å². The van der Waals surface area contributed by atoms with Crippen LogP contribution in [0.25, 0.3) is 22.2 Å². The first-order chi connectivity index (χ1) is 13.0. The number of anilines is 1. The van der Waals surface area contributed by atoms with Crippen molar-refractivity contribution >= 4 is 22.8 Å². The first kappa shape index (κ1) is 17.4. The fraction of sp³-hybridized carbons (Fsp3) is 0.333. The van der Waals surface area contributed by atoms with Crippen LogP contribution in [-0.4, -0.2) is 52.4 Å². The molecule has 1 fully saturated rings. The summed E-state index contributed by atoms with van der Waals surface area (Å²) in [6.45, 7) is 2.93. The maximum atomic E-state index is 13.3. The molecule has 27 heavy (non-hydrogen) atoms. The predicted octanol–water partition coefficient (Wildman–Crippen LogP) is 3.38. The summed E-state index contributed by atoms with van der Waals surface area (Å²) in [5.41, 5.74) is 3.02. The molecular weight excluding hydrogens is 338 g/mol. The molecule has 1 saturated heterocycles. The molecule has 2 aromatic heterocycles. The van der Waals surface area contributed by atoms with E-state index in [0.29, 0.717) is 17.2 Å². The number of benzene rings is 1. The van der Waals surface area contributed by atoms with Gasteiger partial charge in [-0.3, -0.25) is 4.79 Å². The maximum absolute atomic E-state index is 13.3. The monoisotopic (exact) mass is 361 g/mol. The van der Waals surface area contributed by atoms with E-state index in [1.165, 1.54) is 0 Å². The third-order valence-corrected chi connectivity index (χ3v) is 5.09. The summed E-state index contributed by atoms with van der Waals surface area (Å²) < 4.78 is 0. The molecule has 0 aliphatic carbocycles. The van der Waals surface area contributed by atoms with Crippen molar-refractivity contribution in [1.29, 1.82) is 0 Å². The van der Waals surface area contributed by atoms with Crippen molar-refractivity contribution in [2.75, 3.05) is 25.5 Å². The number of para-hydroxylation sites is 1. The number of carbonyl (C=O) groups excluding carboxylic acids is 1. The summed E-state index contributed by atoms with van der Waals surface area (Å²) in [6, 6.07) is 9.95. The van der Waals surface area contributed by atoms with Crippen LogP contribution in [0.1, 0.15) is 30.1 Å². The number of nitrogens with zero attached hydrogens (tertiary/aromatic N) is 5. The number of rotatable bonds is 3. The van der Waals surface area contributed by atoms with Crippen LogP contribution < -0.4 is 4.90 Å². The quantitative estimate of drug-likeness (QED) is 0.716. The van der Waals surface area contributed by atoms with Gasteiger partial charge in [-0.15, -0.1) is 0 Å². The highest BCUT2D eigenvalue weighted by Crippen LogP contribution is 2.28. The van der Waals surface area contributed by atoms with E-state index in [4.69, 9.17) is 4.98 Å². The van der Waals surface area contributed by atoms with Gasteiger partial charge in [-0.05, 0) is 31.9 Å². The smallest absolute Gasteiger partial charge is 0.254 e. The molecule has 1 amide bonds. The second kappa shape index (κ2) is 6.95. The first-order valence-corrected chi connectivity index (χ1v) is 9.25. The summed E-state index contributed by atoms with van der Waals surface area (Å²) in [5, 5.41) is 0.885. The molecule has 3 aromatic rings. The molecule has 6 heteroatoms. The third kappa shape index (κ3) is 3.23. The van der Waals surface area contributed by atoms with E-state index in [2.05, 4.69) is 16.9 Å². The highest BCUT2D eigenvalue weighted by molar-refractivity contribution is 6.07. The topological polar surface area (TPSA) is 62.2 Å². The molecule has 1 aliphatic rings. The van der Waals surface area contributed by atoms with Gasteiger partial charge in [0.25, 0.3) is 5.91 Å². The zero-order chi connectivity index (χ0) is 19.0. The van der Waals surface area contributed by atoms with Crippen molar-refractivity contribution in [3.63, 3.8) is 0 Å². The van der Waals surface area contributed by atoms with Crippen molar-refractivity contribution in [2.24, 2.45) is 0 Å². The highest BCUT2D eigenvalue weighted by atomic mass is 16.2. The van der Waals surface area contributed by atoms with Gasteiger partial charge in [0, 0.05) is 50.0 Å². The Labute approximate surface area is 158 Å². The van der Waals surface area contributed by atoms with E-state index in [9.17, 15) is 4.79 Å². The van der Waals surface area contributed by atoms with Gasteiger partial charge < -0.3 is 9.80 Å². The van der Waals surface area contributed by atoms with Crippen molar-refractivity contribution in [3.8, 4) is 11.3 Å². The first-order valence-electron chi connectivity index (χ1n) is 9.25. The predicted molar refractivity (Wildman–Crippen MR) is 107 cm³/mol. The number of amides is 1. The fourth-order valence-electron chi connectivity index (χ4n) is 3.57. The Hall–Kier alpha value is -3.02. The summed E-state index contributed by atoms with van der Waals surface area (Å²) in [5.74, 6) is 0.715. The Bertz CT molecular complexity index is 984. The SMILES string of the molecule is C[C@H]1CCCN1C(=O)c1cc(-c2cnc(N(C)C)nc2)nc2ccccc12. The lowest BCUT2D eigenvalue weighted by molar-refractivity contribution is 0.0749. The minimum Gasteiger partial charge on any atom is -0.347 e. The molecule has 0 bridgehead atoms. The van der Waals surface area contributed by atoms with Crippen molar-refractivity contribution in [1.82, 2.24) is 19.9 Å². The zero-order valence-corrected chi connectivity index (χ0v) is 15.9. The molecule has 0 N–H and O–H groups in total. The van der Waals surface area contributed by atoms with Gasteiger partial charge in [-0.25, -0.2) is 15.0 Å². The largest absolute Gasteiger partial charge is 0.347 e. The Morgan fingerprint density at radius 3 is 2.59 bits per heavy atom. The van der Waals surface area contributed by atoms with E-state index in [0.717, 1.165) is 35.9 Å². The summed E-state index contributed by atoms with van der Waals surface area (Å²) in [7, 11) is 3.80. The third-order valence-electron chi connectivity index (χ3n) is 5.09. The minimum absolute atomic E-state index is 0.0747. The van der Waals surface area contributed by atoms with E-state index in [1.54, 1.807) is 12.4 Å².